The molecule has 1 fully saturated rings. The summed E-state index contributed by atoms with van der Waals surface area (Å²) >= 11 is 0. The van der Waals surface area contributed by atoms with Gasteiger partial charge in [-0.25, -0.2) is 0 Å². The topological polar surface area (TPSA) is 9.23 Å². The van der Waals surface area contributed by atoms with E-state index in [-0.39, 0.29) is 0 Å². The Labute approximate surface area is 64.3 Å². The molecule has 1 nitrogen and oxygen atoms in total. The van der Waals surface area contributed by atoms with Crippen molar-refractivity contribution in [1.82, 2.24) is 0 Å². The SMILES string of the molecule is CCOC1CCSSC1. The van der Waals surface area contributed by atoms with Gasteiger partial charge in [-0.05, 0) is 13.3 Å². The summed E-state index contributed by atoms with van der Waals surface area (Å²) in [5.74, 6) is 2.44. The average molecular weight is 164 g/mol. The highest BCUT2D eigenvalue weighted by Gasteiger charge is 2.12. The van der Waals surface area contributed by atoms with Crippen molar-refractivity contribution < 1.29 is 4.74 Å². The van der Waals surface area contributed by atoms with Crippen molar-refractivity contribution in [3.8, 4) is 0 Å². The first-order valence-corrected chi connectivity index (χ1v) is 5.78. The van der Waals surface area contributed by atoms with Crippen molar-refractivity contribution in [2.24, 2.45) is 0 Å². The molecular weight excluding hydrogens is 152 g/mol. The Morgan fingerprint density at radius 3 is 3.00 bits per heavy atom. The van der Waals surface area contributed by atoms with Crippen LogP contribution in [0.1, 0.15) is 13.3 Å². The van der Waals surface area contributed by atoms with Crippen LogP contribution >= 0.6 is 21.6 Å². The third-order valence-corrected chi connectivity index (χ3v) is 3.75. The first-order chi connectivity index (χ1) is 4.43. The monoisotopic (exact) mass is 164 g/mol. The van der Waals surface area contributed by atoms with Crippen molar-refractivity contribution in [1.29, 1.82) is 0 Å². The van der Waals surface area contributed by atoms with Gasteiger partial charge in [-0.3, -0.25) is 0 Å². The third kappa shape index (κ3) is 2.83. The van der Waals surface area contributed by atoms with Crippen LogP contribution in [0.25, 0.3) is 0 Å². The normalized spacial score (nSPS) is 28.3. The van der Waals surface area contributed by atoms with E-state index in [1.165, 1.54) is 17.9 Å². The molecule has 0 radical (unpaired) electrons. The first kappa shape index (κ1) is 7.76. The highest BCUT2D eigenvalue weighted by molar-refractivity contribution is 8.76. The second-order valence-electron chi connectivity index (χ2n) is 1.97. The Bertz CT molecular complexity index is 68.7. The van der Waals surface area contributed by atoms with Gasteiger partial charge in [0.2, 0.25) is 0 Å². The van der Waals surface area contributed by atoms with Gasteiger partial charge in [0.25, 0.3) is 0 Å². The summed E-state index contributed by atoms with van der Waals surface area (Å²) in [5, 5.41) is 0. The second-order valence-corrected chi connectivity index (χ2v) is 4.60. The summed E-state index contributed by atoms with van der Waals surface area (Å²) in [5.41, 5.74) is 0. The van der Waals surface area contributed by atoms with Gasteiger partial charge in [0.05, 0.1) is 6.10 Å². The molecule has 1 unspecified atom stereocenters. The summed E-state index contributed by atoms with van der Waals surface area (Å²) in [6, 6.07) is 0. The van der Waals surface area contributed by atoms with E-state index in [9.17, 15) is 0 Å². The highest BCUT2D eigenvalue weighted by Crippen LogP contribution is 2.30. The zero-order chi connectivity index (χ0) is 6.53. The Hall–Kier alpha value is 0.660. The lowest BCUT2D eigenvalue weighted by atomic mass is 10.3. The minimum absolute atomic E-state index is 0.543. The van der Waals surface area contributed by atoms with Crippen LogP contribution in [0.2, 0.25) is 0 Å². The van der Waals surface area contributed by atoms with E-state index in [0.29, 0.717) is 6.10 Å². The van der Waals surface area contributed by atoms with Gasteiger partial charge >= 0.3 is 0 Å². The van der Waals surface area contributed by atoms with Gasteiger partial charge in [-0.2, -0.15) is 0 Å². The van der Waals surface area contributed by atoms with E-state index in [2.05, 4.69) is 6.92 Å². The molecule has 1 saturated heterocycles. The van der Waals surface area contributed by atoms with Crippen molar-refractivity contribution in [3.63, 3.8) is 0 Å². The molecule has 9 heavy (non-hydrogen) atoms. The summed E-state index contributed by atoms with van der Waals surface area (Å²) in [6.45, 7) is 2.93. The molecule has 0 aliphatic carbocycles. The van der Waals surface area contributed by atoms with Crippen molar-refractivity contribution in [2.45, 2.75) is 19.4 Å². The molecule has 0 aromatic heterocycles. The molecule has 1 rings (SSSR count). The molecule has 0 amide bonds. The van der Waals surface area contributed by atoms with Gasteiger partial charge in [-0.1, -0.05) is 21.6 Å². The molecule has 0 aromatic carbocycles. The summed E-state index contributed by atoms with van der Waals surface area (Å²) in [6.07, 6.45) is 1.78. The lowest BCUT2D eigenvalue weighted by molar-refractivity contribution is 0.0778. The fourth-order valence-electron chi connectivity index (χ4n) is 0.813. The maximum Gasteiger partial charge on any atom is 0.0681 e. The third-order valence-electron chi connectivity index (χ3n) is 1.26. The molecule has 1 atom stereocenters. The number of ether oxygens (including phenoxy) is 1. The minimum Gasteiger partial charge on any atom is -0.378 e. The van der Waals surface area contributed by atoms with Crippen molar-refractivity contribution in [2.75, 3.05) is 18.1 Å². The van der Waals surface area contributed by atoms with E-state index in [1.54, 1.807) is 0 Å². The fourth-order valence-corrected chi connectivity index (χ4v) is 3.19. The van der Waals surface area contributed by atoms with Crippen LogP contribution in [0.4, 0.5) is 0 Å². The number of rotatable bonds is 2. The van der Waals surface area contributed by atoms with Crippen LogP contribution in [-0.4, -0.2) is 24.2 Å². The van der Waals surface area contributed by atoms with E-state index in [4.69, 9.17) is 4.74 Å². The predicted octanol–water partition coefficient (Wildman–Crippen LogP) is 2.18. The van der Waals surface area contributed by atoms with Gasteiger partial charge in [0.15, 0.2) is 0 Å². The predicted molar refractivity (Wildman–Crippen MR) is 44.9 cm³/mol. The van der Waals surface area contributed by atoms with Crippen LogP contribution in [0, 0.1) is 0 Å². The Morgan fingerprint density at radius 1 is 1.56 bits per heavy atom. The molecule has 3 heteroatoms. The quantitative estimate of drug-likeness (QED) is 0.579. The smallest absolute Gasteiger partial charge is 0.0681 e. The van der Waals surface area contributed by atoms with E-state index < -0.39 is 0 Å². The molecule has 54 valence electrons. The molecule has 0 saturated carbocycles. The van der Waals surface area contributed by atoms with Gasteiger partial charge < -0.3 is 4.74 Å². The summed E-state index contributed by atoms with van der Waals surface area (Å²) in [4.78, 5) is 0. The highest BCUT2D eigenvalue weighted by atomic mass is 33.1. The van der Waals surface area contributed by atoms with Crippen LogP contribution in [0.3, 0.4) is 0 Å². The fraction of sp³-hybridized carbons (Fsp3) is 1.00. The largest absolute Gasteiger partial charge is 0.378 e. The maximum atomic E-state index is 5.45. The zero-order valence-electron chi connectivity index (χ0n) is 5.63. The van der Waals surface area contributed by atoms with Gasteiger partial charge in [0, 0.05) is 18.1 Å². The average Bonchev–Trinajstić information content (AvgIpc) is 1.91. The Morgan fingerprint density at radius 2 is 2.44 bits per heavy atom. The van der Waals surface area contributed by atoms with Crippen molar-refractivity contribution >= 4 is 21.6 Å². The van der Waals surface area contributed by atoms with E-state index >= 15 is 0 Å². The summed E-state index contributed by atoms with van der Waals surface area (Å²) < 4.78 is 5.45. The van der Waals surface area contributed by atoms with Crippen molar-refractivity contribution in [3.05, 3.63) is 0 Å². The van der Waals surface area contributed by atoms with Crippen LogP contribution < -0.4 is 0 Å². The molecule has 0 bridgehead atoms. The lowest BCUT2D eigenvalue weighted by Gasteiger charge is -2.19. The first-order valence-electron chi connectivity index (χ1n) is 3.29. The van der Waals surface area contributed by atoms with E-state index in [0.717, 1.165) is 6.61 Å². The molecule has 1 aliphatic rings. The standard InChI is InChI=1S/C6H12OS2/c1-2-7-6-3-4-8-9-5-6/h6H,2-5H2,1H3. The second kappa shape index (κ2) is 4.47. The van der Waals surface area contributed by atoms with Crippen LogP contribution in [0.15, 0.2) is 0 Å². The van der Waals surface area contributed by atoms with E-state index in [1.807, 2.05) is 21.6 Å². The number of hydrogen-bond donors (Lipinski definition) is 0. The van der Waals surface area contributed by atoms with Gasteiger partial charge in [0.1, 0.15) is 0 Å². The molecule has 1 aliphatic heterocycles. The Balaban J connectivity index is 2.08. The number of hydrogen-bond acceptors (Lipinski definition) is 3. The molecule has 0 N–H and O–H groups in total. The summed E-state index contributed by atoms with van der Waals surface area (Å²) in [7, 11) is 3.90. The minimum atomic E-state index is 0.543. The van der Waals surface area contributed by atoms with Crippen LogP contribution in [0.5, 0.6) is 0 Å². The lowest BCUT2D eigenvalue weighted by Crippen LogP contribution is -2.18. The Kier molecular flexibility index (Phi) is 3.86. The maximum absolute atomic E-state index is 5.45. The molecule has 1 heterocycles. The molecular formula is C6H12OS2. The molecule has 0 aromatic rings. The molecule has 0 spiro atoms. The van der Waals surface area contributed by atoms with Gasteiger partial charge in [-0.15, -0.1) is 0 Å². The van der Waals surface area contributed by atoms with Crippen LogP contribution in [-0.2, 0) is 4.74 Å². The zero-order valence-corrected chi connectivity index (χ0v) is 7.26.